The van der Waals surface area contributed by atoms with Crippen LogP contribution in [0, 0.1) is 5.41 Å². The van der Waals surface area contributed by atoms with Crippen molar-refractivity contribution in [3.05, 3.63) is 35.5 Å². The molecule has 0 amide bonds. The van der Waals surface area contributed by atoms with Gasteiger partial charge in [0.25, 0.3) is 0 Å². The van der Waals surface area contributed by atoms with Crippen LogP contribution >= 0.6 is 0 Å². The second kappa shape index (κ2) is 3.78. The number of hydrogen-bond donors (Lipinski definition) is 0. The van der Waals surface area contributed by atoms with Crippen LogP contribution in [-0.4, -0.2) is 19.0 Å². The molecule has 0 radical (unpaired) electrons. The van der Waals surface area contributed by atoms with Crippen molar-refractivity contribution in [2.45, 2.75) is 20.3 Å². The third-order valence-electron chi connectivity index (χ3n) is 3.12. The molecule has 2 nitrogen and oxygen atoms in total. The Hall–Kier alpha value is -1.15. The summed E-state index contributed by atoms with van der Waals surface area (Å²) < 4.78 is 5.28. The molecule has 1 saturated heterocycles. The molecular weight excluding hydrogens is 188 g/mol. The van der Waals surface area contributed by atoms with E-state index in [1.54, 1.807) is 12.2 Å². The molecule has 0 atom stereocenters. The largest absolute Gasteiger partial charge is 0.379 e. The second-order valence-corrected chi connectivity index (χ2v) is 4.30. The van der Waals surface area contributed by atoms with Crippen molar-refractivity contribution in [3.63, 3.8) is 0 Å². The van der Waals surface area contributed by atoms with Gasteiger partial charge < -0.3 is 4.74 Å². The first-order valence-corrected chi connectivity index (χ1v) is 5.32. The highest BCUT2D eigenvalue weighted by Crippen LogP contribution is 2.44. The third kappa shape index (κ3) is 1.59. The number of ether oxygens (including phenoxy) is 1. The van der Waals surface area contributed by atoms with E-state index < -0.39 is 0 Å². The van der Waals surface area contributed by atoms with Crippen LogP contribution in [0.1, 0.15) is 20.3 Å². The summed E-state index contributed by atoms with van der Waals surface area (Å²) in [4.78, 5) is 12.0. The molecule has 1 spiro atoms. The Kier molecular flexibility index (Phi) is 2.61. The van der Waals surface area contributed by atoms with Gasteiger partial charge in [-0.25, -0.2) is 0 Å². The van der Waals surface area contributed by atoms with Gasteiger partial charge in [-0.15, -0.1) is 0 Å². The van der Waals surface area contributed by atoms with E-state index in [1.807, 2.05) is 19.9 Å². The van der Waals surface area contributed by atoms with Crippen molar-refractivity contribution in [2.24, 2.45) is 5.41 Å². The molecule has 0 aromatic heterocycles. The van der Waals surface area contributed by atoms with Crippen molar-refractivity contribution in [1.82, 2.24) is 0 Å². The predicted octanol–water partition coefficient (Wildman–Crippen LogP) is 2.42. The van der Waals surface area contributed by atoms with Crippen LogP contribution in [0.15, 0.2) is 35.5 Å². The summed E-state index contributed by atoms with van der Waals surface area (Å²) in [7, 11) is 0. The molecule has 80 valence electrons. The smallest absolute Gasteiger partial charge is 0.182 e. The second-order valence-electron chi connectivity index (χ2n) is 4.30. The number of carbonyl (C=O) groups excluding carboxylic acids is 1. The van der Waals surface area contributed by atoms with Crippen molar-refractivity contribution in [3.8, 4) is 0 Å². The van der Waals surface area contributed by atoms with Gasteiger partial charge in [0.05, 0.1) is 13.2 Å². The van der Waals surface area contributed by atoms with Crippen LogP contribution in [0.2, 0.25) is 0 Å². The minimum absolute atomic E-state index is 0.0184. The molecule has 0 bridgehead atoms. The molecule has 0 unspecified atom stereocenters. The molecule has 1 fully saturated rings. The SMILES string of the molecule is C/C=C/C(=O)C1=C(C)C=CCC12COC2. The van der Waals surface area contributed by atoms with Crippen LogP contribution in [-0.2, 0) is 9.53 Å². The van der Waals surface area contributed by atoms with E-state index in [4.69, 9.17) is 4.74 Å². The van der Waals surface area contributed by atoms with Crippen LogP contribution in [0.25, 0.3) is 0 Å². The van der Waals surface area contributed by atoms with Gasteiger partial charge in [0, 0.05) is 11.0 Å². The Bertz CT molecular complexity index is 368. The summed E-state index contributed by atoms with van der Waals surface area (Å²) in [5.41, 5.74) is 2.03. The summed E-state index contributed by atoms with van der Waals surface area (Å²) in [5.74, 6) is 0.141. The Labute approximate surface area is 90.3 Å². The molecule has 1 aliphatic carbocycles. The fourth-order valence-electron chi connectivity index (χ4n) is 2.37. The lowest BCUT2D eigenvalue weighted by atomic mass is 9.69. The fraction of sp³-hybridized carbons (Fsp3) is 0.462. The van der Waals surface area contributed by atoms with Gasteiger partial charge in [0.1, 0.15) is 0 Å². The zero-order valence-corrected chi connectivity index (χ0v) is 9.25. The molecule has 2 rings (SSSR count). The summed E-state index contributed by atoms with van der Waals surface area (Å²) in [5, 5.41) is 0. The maximum Gasteiger partial charge on any atom is 0.182 e. The summed E-state index contributed by atoms with van der Waals surface area (Å²) in [6.45, 7) is 5.25. The highest BCUT2D eigenvalue weighted by Gasteiger charge is 2.45. The fourth-order valence-corrected chi connectivity index (χ4v) is 2.37. The number of rotatable bonds is 2. The zero-order chi connectivity index (χ0) is 10.9. The summed E-state index contributed by atoms with van der Waals surface area (Å²) >= 11 is 0. The Balaban J connectivity index is 2.38. The minimum Gasteiger partial charge on any atom is -0.379 e. The number of allylic oxidation sites excluding steroid dienone is 5. The number of hydrogen-bond acceptors (Lipinski definition) is 2. The Morgan fingerprint density at radius 3 is 2.80 bits per heavy atom. The van der Waals surface area contributed by atoms with Gasteiger partial charge in [-0.1, -0.05) is 18.2 Å². The monoisotopic (exact) mass is 204 g/mol. The van der Waals surface area contributed by atoms with Crippen LogP contribution in [0.5, 0.6) is 0 Å². The highest BCUT2D eigenvalue weighted by molar-refractivity contribution is 6.06. The number of carbonyl (C=O) groups is 1. The molecule has 15 heavy (non-hydrogen) atoms. The van der Waals surface area contributed by atoms with E-state index in [2.05, 4.69) is 6.08 Å². The molecule has 0 saturated carbocycles. The standard InChI is InChI=1S/C13H16O2/c1-3-5-11(14)12-10(2)6-4-7-13(12)8-15-9-13/h3-6H,7-9H2,1-2H3/b5-3+. The molecule has 0 aromatic rings. The van der Waals surface area contributed by atoms with E-state index in [-0.39, 0.29) is 11.2 Å². The number of ketones is 1. The van der Waals surface area contributed by atoms with Crippen molar-refractivity contribution in [2.75, 3.05) is 13.2 Å². The Morgan fingerprint density at radius 2 is 2.27 bits per heavy atom. The van der Waals surface area contributed by atoms with Crippen LogP contribution < -0.4 is 0 Å². The van der Waals surface area contributed by atoms with E-state index in [9.17, 15) is 4.79 Å². The quantitative estimate of drug-likeness (QED) is 0.646. The maximum atomic E-state index is 12.0. The zero-order valence-electron chi connectivity index (χ0n) is 9.25. The van der Waals surface area contributed by atoms with Gasteiger partial charge in [-0.3, -0.25) is 4.79 Å². The van der Waals surface area contributed by atoms with Crippen LogP contribution in [0.3, 0.4) is 0 Å². The predicted molar refractivity (Wildman–Crippen MR) is 59.5 cm³/mol. The van der Waals surface area contributed by atoms with E-state index in [0.717, 1.165) is 17.6 Å². The molecule has 1 aliphatic heterocycles. The lowest BCUT2D eigenvalue weighted by Crippen LogP contribution is -2.46. The van der Waals surface area contributed by atoms with E-state index >= 15 is 0 Å². The normalized spacial score (nSPS) is 23.6. The first-order chi connectivity index (χ1) is 7.19. The lowest BCUT2D eigenvalue weighted by molar-refractivity contribution is -0.121. The van der Waals surface area contributed by atoms with Gasteiger partial charge in [-0.2, -0.15) is 0 Å². The third-order valence-corrected chi connectivity index (χ3v) is 3.12. The van der Waals surface area contributed by atoms with Gasteiger partial charge in [-0.05, 0) is 31.9 Å². The summed E-state index contributed by atoms with van der Waals surface area (Å²) in [6, 6.07) is 0. The van der Waals surface area contributed by atoms with Crippen molar-refractivity contribution >= 4 is 5.78 Å². The average molecular weight is 204 g/mol. The molecule has 0 aromatic carbocycles. The highest BCUT2D eigenvalue weighted by atomic mass is 16.5. The lowest BCUT2D eigenvalue weighted by Gasteiger charge is -2.44. The van der Waals surface area contributed by atoms with E-state index in [1.165, 1.54) is 0 Å². The average Bonchev–Trinajstić information content (AvgIpc) is 2.15. The van der Waals surface area contributed by atoms with Gasteiger partial charge >= 0.3 is 0 Å². The van der Waals surface area contributed by atoms with Gasteiger partial charge in [0.15, 0.2) is 5.78 Å². The molecule has 0 N–H and O–H groups in total. The maximum absolute atomic E-state index is 12.0. The first-order valence-electron chi connectivity index (χ1n) is 5.32. The molecule has 2 aliphatic rings. The summed E-state index contributed by atoms with van der Waals surface area (Å²) in [6.07, 6.45) is 8.57. The molecular formula is C13H16O2. The van der Waals surface area contributed by atoms with Crippen molar-refractivity contribution < 1.29 is 9.53 Å². The first kappa shape index (κ1) is 10.4. The van der Waals surface area contributed by atoms with Crippen molar-refractivity contribution in [1.29, 1.82) is 0 Å². The van der Waals surface area contributed by atoms with E-state index in [0.29, 0.717) is 13.2 Å². The van der Waals surface area contributed by atoms with Crippen LogP contribution in [0.4, 0.5) is 0 Å². The minimum atomic E-state index is -0.0184. The molecule has 1 heterocycles. The molecule has 2 heteroatoms. The Morgan fingerprint density at radius 1 is 1.53 bits per heavy atom. The topological polar surface area (TPSA) is 26.3 Å². The van der Waals surface area contributed by atoms with Gasteiger partial charge in [0.2, 0.25) is 0 Å².